The molecule has 0 saturated heterocycles. The summed E-state index contributed by atoms with van der Waals surface area (Å²) in [6.07, 6.45) is 3.23. The van der Waals surface area contributed by atoms with Crippen molar-refractivity contribution in [3.8, 4) is 0 Å². The molecule has 0 bridgehead atoms. The highest BCUT2D eigenvalue weighted by Crippen LogP contribution is 2.41. The Labute approximate surface area is 146 Å². The number of amides is 1. The van der Waals surface area contributed by atoms with E-state index < -0.39 is 0 Å². The molecule has 0 spiro atoms. The maximum Gasteiger partial charge on any atom is 0.224 e. The van der Waals surface area contributed by atoms with Gasteiger partial charge in [0.25, 0.3) is 0 Å². The van der Waals surface area contributed by atoms with Gasteiger partial charge >= 0.3 is 0 Å². The molecule has 1 atom stereocenters. The van der Waals surface area contributed by atoms with E-state index in [1.54, 1.807) is 0 Å². The summed E-state index contributed by atoms with van der Waals surface area (Å²) in [6, 6.07) is 7.61. The van der Waals surface area contributed by atoms with Crippen LogP contribution >= 0.6 is 15.9 Å². The lowest BCUT2D eigenvalue weighted by atomic mass is 9.91. The highest BCUT2D eigenvalue weighted by Gasteiger charge is 2.35. The van der Waals surface area contributed by atoms with Crippen LogP contribution in [0.5, 0.6) is 0 Å². The summed E-state index contributed by atoms with van der Waals surface area (Å²) in [7, 11) is 0. The lowest BCUT2D eigenvalue weighted by Crippen LogP contribution is -2.28. The van der Waals surface area contributed by atoms with E-state index in [2.05, 4.69) is 35.1 Å². The second-order valence-corrected chi connectivity index (χ2v) is 6.93. The average Bonchev–Trinajstić information content (AvgIpc) is 2.81. The minimum Gasteiger partial charge on any atom is -0.323 e. The summed E-state index contributed by atoms with van der Waals surface area (Å²) < 4.78 is 0. The van der Waals surface area contributed by atoms with Gasteiger partial charge in [0.05, 0.1) is 5.70 Å². The van der Waals surface area contributed by atoms with Crippen molar-refractivity contribution in [2.75, 3.05) is 0 Å². The Bertz CT molecular complexity index is 632. The summed E-state index contributed by atoms with van der Waals surface area (Å²) in [4.78, 5) is 24.9. The molecule has 4 heteroatoms. The monoisotopic (exact) mass is 377 g/mol. The zero-order valence-corrected chi connectivity index (χ0v) is 15.6. The quantitative estimate of drug-likeness (QED) is 0.699. The minimum atomic E-state index is -0.0922. The first-order valence-corrected chi connectivity index (χ1v) is 9.28. The molecular weight excluding hydrogens is 354 g/mol. The zero-order valence-electron chi connectivity index (χ0n) is 14.0. The Morgan fingerprint density at radius 3 is 2.30 bits per heavy atom. The molecular formula is C19H24BrNO2. The van der Waals surface area contributed by atoms with E-state index in [-0.39, 0.29) is 16.5 Å². The average molecular weight is 378 g/mol. The molecule has 1 N–H and O–H groups in total. The zero-order chi connectivity index (χ0) is 17.0. The lowest BCUT2D eigenvalue weighted by molar-refractivity contribution is -0.120. The van der Waals surface area contributed by atoms with Crippen LogP contribution in [0.1, 0.15) is 62.4 Å². The van der Waals surface area contributed by atoms with Crippen molar-refractivity contribution in [2.45, 2.75) is 51.3 Å². The summed E-state index contributed by atoms with van der Waals surface area (Å²) in [5.74, 6) is 0.253. The first-order chi connectivity index (χ1) is 11.0. The fraction of sp³-hybridized carbons (Fsp3) is 0.474. The number of carbonyl (C=O) groups excluding carboxylic acids is 2. The maximum atomic E-state index is 12.8. The van der Waals surface area contributed by atoms with E-state index in [1.807, 2.05) is 31.2 Å². The van der Waals surface area contributed by atoms with Gasteiger partial charge in [-0.2, -0.15) is 0 Å². The largest absolute Gasteiger partial charge is 0.323 e. The van der Waals surface area contributed by atoms with Gasteiger partial charge in [-0.25, -0.2) is 0 Å². The first-order valence-electron chi connectivity index (χ1n) is 8.37. The Morgan fingerprint density at radius 2 is 1.74 bits per heavy atom. The molecule has 0 heterocycles. The van der Waals surface area contributed by atoms with Crippen molar-refractivity contribution in [1.29, 1.82) is 0 Å². The van der Waals surface area contributed by atoms with Crippen molar-refractivity contribution in [1.82, 2.24) is 5.32 Å². The molecule has 1 aromatic rings. The second-order valence-electron chi connectivity index (χ2n) is 5.94. The molecule has 1 aliphatic carbocycles. The Morgan fingerprint density at radius 1 is 1.13 bits per heavy atom. The third-order valence-electron chi connectivity index (χ3n) is 4.44. The van der Waals surface area contributed by atoms with E-state index in [9.17, 15) is 9.59 Å². The number of ketones is 1. The van der Waals surface area contributed by atoms with Crippen molar-refractivity contribution in [3.63, 3.8) is 0 Å². The van der Waals surface area contributed by atoms with Crippen molar-refractivity contribution in [2.24, 2.45) is 5.92 Å². The fourth-order valence-corrected chi connectivity index (χ4v) is 4.31. The molecule has 2 rings (SSSR count). The molecule has 0 fully saturated rings. The molecule has 23 heavy (non-hydrogen) atoms. The van der Waals surface area contributed by atoms with Crippen LogP contribution in [0, 0.1) is 5.92 Å². The third-order valence-corrected chi connectivity index (χ3v) is 5.64. The topological polar surface area (TPSA) is 46.2 Å². The number of Topliss-reactive ketones (excluding diaryl/α,β-unsaturated/α-hetero) is 1. The number of carbonyl (C=O) groups is 2. The molecule has 1 aliphatic rings. The first kappa shape index (κ1) is 17.9. The van der Waals surface area contributed by atoms with Crippen LogP contribution in [0.2, 0.25) is 0 Å². The number of halogens is 1. The number of nitrogens with one attached hydrogen (secondary N) is 1. The maximum absolute atomic E-state index is 12.8. The summed E-state index contributed by atoms with van der Waals surface area (Å²) in [6.45, 7) is 6.26. The highest BCUT2D eigenvalue weighted by atomic mass is 79.9. The van der Waals surface area contributed by atoms with Crippen LogP contribution in [-0.2, 0) is 4.79 Å². The van der Waals surface area contributed by atoms with Gasteiger partial charge in [0.15, 0.2) is 0 Å². The Kier molecular flexibility index (Phi) is 6.17. The number of benzene rings is 1. The van der Waals surface area contributed by atoms with Crippen LogP contribution in [0.4, 0.5) is 0 Å². The van der Waals surface area contributed by atoms with Gasteiger partial charge in [0, 0.05) is 22.4 Å². The summed E-state index contributed by atoms with van der Waals surface area (Å²) in [5.41, 5.74) is 3.02. The number of allylic oxidation sites excluding steroid dienone is 2. The number of alkyl halides is 1. The van der Waals surface area contributed by atoms with E-state index in [4.69, 9.17) is 0 Å². The molecule has 0 aromatic heterocycles. The van der Waals surface area contributed by atoms with Gasteiger partial charge < -0.3 is 5.32 Å². The molecule has 0 saturated carbocycles. The Balaban J connectivity index is 2.48. The molecule has 3 nitrogen and oxygen atoms in total. The van der Waals surface area contributed by atoms with Crippen LogP contribution in [-0.4, -0.2) is 16.5 Å². The van der Waals surface area contributed by atoms with Crippen LogP contribution in [0.15, 0.2) is 30.0 Å². The van der Waals surface area contributed by atoms with Gasteiger partial charge in [-0.05, 0) is 17.9 Å². The second kappa shape index (κ2) is 7.91. The molecule has 124 valence electrons. The molecule has 1 amide bonds. The van der Waals surface area contributed by atoms with Crippen molar-refractivity contribution in [3.05, 3.63) is 41.1 Å². The normalized spacial score (nSPS) is 15.1. The Hall–Kier alpha value is -1.42. The number of rotatable bonds is 7. The number of fused-ring (bicyclic) bond motifs is 1. The SMILES string of the molecule is CCCC(=O)NC1=C(C(Br)C(CC)CC)c2ccccc2C1=O. The standard InChI is InChI=1S/C19H24BrNO2/c1-4-9-15(22)21-18-16(17(20)12(5-2)6-3)13-10-7-8-11-14(13)19(18)23/h7-8,10-12,17H,4-6,9H2,1-3H3,(H,21,22,23). The molecule has 1 aromatic carbocycles. The highest BCUT2D eigenvalue weighted by molar-refractivity contribution is 9.09. The number of hydrogen-bond donors (Lipinski definition) is 1. The molecule has 0 radical (unpaired) electrons. The minimum absolute atomic E-state index is 0.0574. The molecule has 1 unspecified atom stereocenters. The van der Waals surface area contributed by atoms with Crippen LogP contribution in [0.25, 0.3) is 5.57 Å². The number of hydrogen-bond acceptors (Lipinski definition) is 2. The van der Waals surface area contributed by atoms with Crippen molar-refractivity contribution >= 4 is 33.2 Å². The summed E-state index contributed by atoms with van der Waals surface area (Å²) >= 11 is 3.80. The summed E-state index contributed by atoms with van der Waals surface area (Å²) in [5, 5.41) is 2.87. The van der Waals surface area contributed by atoms with Crippen LogP contribution < -0.4 is 5.32 Å². The van der Waals surface area contributed by atoms with Gasteiger partial charge in [-0.1, -0.05) is 73.8 Å². The van der Waals surface area contributed by atoms with Gasteiger partial charge in [-0.3, -0.25) is 9.59 Å². The van der Waals surface area contributed by atoms with Gasteiger partial charge in [0.2, 0.25) is 11.7 Å². The van der Waals surface area contributed by atoms with Gasteiger partial charge in [0.1, 0.15) is 0 Å². The van der Waals surface area contributed by atoms with Crippen molar-refractivity contribution < 1.29 is 9.59 Å². The lowest BCUT2D eigenvalue weighted by Gasteiger charge is -2.23. The van der Waals surface area contributed by atoms with E-state index >= 15 is 0 Å². The fourth-order valence-electron chi connectivity index (χ4n) is 3.09. The third kappa shape index (κ3) is 3.57. The van der Waals surface area contributed by atoms with E-state index in [0.29, 0.717) is 23.6 Å². The smallest absolute Gasteiger partial charge is 0.224 e. The predicted molar refractivity (Wildman–Crippen MR) is 97.5 cm³/mol. The molecule has 0 aliphatic heterocycles. The van der Waals surface area contributed by atoms with Crippen LogP contribution in [0.3, 0.4) is 0 Å². The predicted octanol–water partition coefficient (Wildman–Crippen LogP) is 4.71. The van der Waals surface area contributed by atoms with E-state index in [0.717, 1.165) is 30.4 Å². The van der Waals surface area contributed by atoms with E-state index in [1.165, 1.54) is 0 Å². The van der Waals surface area contributed by atoms with Gasteiger partial charge in [-0.15, -0.1) is 0 Å².